The molecule has 1 aliphatic rings. The van der Waals surface area contributed by atoms with E-state index in [1.807, 2.05) is 6.92 Å². The molecule has 14 heavy (non-hydrogen) atoms. The summed E-state index contributed by atoms with van der Waals surface area (Å²) in [6, 6.07) is -0.493. The Balaban J connectivity index is 2.34. The lowest BCUT2D eigenvalue weighted by Crippen LogP contribution is -2.46. The molecule has 0 bridgehead atoms. The van der Waals surface area contributed by atoms with Crippen LogP contribution in [0, 0.1) is 0 Å². The molecule has 1 aliphatic heterocycles. The topological polar surface area (TPSA) is 81.6 Å². The van der Waals surface area contributed by atoms with Gasteiger partial charge in [0.05, 0.1) is 24.8 Å². The predicted octanol–water partition coefficient (Wildman–Crippen LogP) is -1.40. The summed E-state index contributed by atoms with van der Waals surface area (Å²) >= 11 is 0. The molecule has 1 heterocycles. The van der Waals surface area contributed by atoms with Crippen LogP contribution in [0.5, 0.6) is 0 Å². The van der Waals surface area contributed by atoms with Crippen LogP contribution in [-0.2, 0) is 4.79 Å². The molecule has 0 saturated carbocycles. The molecule has 1 fully saturated rings. The number of hydrogen-bond acceptors (Lipinski definition) is 4. The fraction of sp³-hybridized carbons (Fsp3) is 0.889. The van der Waals surface area contributed by atoms with E-state index in [-0.39, 0.29) is 24.6 Å². The van der Waals surface area contributed by atoms with Gasteiger partial charge in [-0.15, -0.1) is 0 Å². The van der Waals surface area contributed by atoms with E-state index in [9.17, 15) is 9.90 Å². The molecule has 0 aromatic rings. The number of carbonyl (C=O) groups excluding carboxylic acids is 1. The molecule has 5 nitrogen and oxygen atoms in total. The summed E-state index contributed by atoms with van der Waals surface area (Å²) in [6.45, 7) is 2.32. The molecule has 82 valence electrons. The molecule has 0 aromatic heterocycles. The first kappa shape index (κ1) is 11.4. The largest absolute Gasteiger partial charge is 0.394 e. The average molecular weight is 202 g/mol. The fourth-order valence-electron chi connectivity index (χ4n) is 1.50. The van der Waals surface area contributed by atoms with Gasteiger partial charge in [0.1, 0.15) is 0 Å². The number of aliphatic hydroxyl groups excluding tert-OH is 2. The van der Waals surface area contributed by atoms with Gasteiger partial charge < -0.3 is 20.8 Å². The first-order chi connectivity index (χ1) is 6.67. The molecule has 1 rings (SSSR count). The summed E-state index contributed by atoms with van der Waals surface area (Å²) in [6.07, 6.45) is 0.727. The predicted molar refractivity (Wildman–Crippen MR) is 51.7 cm³/mol. The minimum absolute atomic E-state index is 0.0441. The highest BCUT2D eigenvalue weighted by atomic mass is 16.3. The van der Waals surface area contributed by atoms with Gasteiger partial charge in [0.15, 0.2) is 0 Å². The normalized spacial score (nSPS) is 28.8. The van der Waals surface area contributed by atoms with Gasteiger partial charge in [0.25, 0.3) is 0 Å². The van der Waals surface area contributed by atoms with Crippen molar-refractivity contribution < 1.29 is 15.0 Å². The third-order valence-electron chi connectivity index (χ3n) is 2.48. The zero-order valence-electron chi connectivity index (χ0n) is 8.36. The van der Waals surface area contributed by atoms with Gasteiger partial charge in [-0.05, 0) is 12.8 Å². The molecular formula is C9H18N2O3. The molecule has 2 unspecified atom stereocenters. The van der Waals surface area contributed by atoms with Crippen molar-refractivity contribution in [1.82, 2.24) is 10.6 Å². The molecule has 0 radical (unpaired) electrons. The first-order valence-corrected chi connectivity index (χ1v) is 5.00. The van der Waals surface area contributed by atoms with Gasteiger partial charge in [-0.2, -0.15) is 0 Å². The standard InChI is InChI=1S/C9H18N2O3/c1-2-6(5-12)11-9(14)8-3-7(13)4-10-8/h6-8,10,12-13H,2-5H2,1H3,(H,11,14)/t6-,7?,8?/m1/s1. The second-order valence-corrected chi connectivity index (χ2v) is 3.65. The van der Waals surface area contributed by atoms with Crippen molar-refractivity contribution in [2.75, 3.05) is 13.2 Å². The van der Waals surface area contributed by atoms with Crippen molar-refractivity contribution in [3.63, 3.8) is 0 Å². The molecule has 4 N–H and O–H groups in total. The highest BCUT2D eigenvalue weighted by Gasteiger charge is 2.28. The Hall–Kier alpha value is -0.650. The lowest BCUT2D eigenvalue weighted by Gasteiger charge is -2.17. The zero-order chi connectivity index (χ0) is 10.6. The van der Waals surface area contributed by atoms with Crippen LogP contribution in [0.15, 0.2) is 0 Å². The number of carbonyl (C=O) groups is 1. The lowest BCUT2D eigenvalue weighted by atomic mass is 10.1. The van der Waals surface area contributed by atoms with Gasteiger partial charge >= 0.3 is 0 Å². The van der Waals surface area contributed by atoms with E-state index in [1.165, 1.54) is 0 Å². The Labute approximate surface area is 83.5 Å². The van der Waals surface area contributed by atoms with Crippen LogP contribution in [0.4, 0.5) is 0 Å². The Morgan fingerprint density at radius 3 is 2.86 bits per heavy atom. The summed E-state index contributed by atoms with van der Waals surface area (Å²) < 4.78 is 0. The van der Waals surface area contributed by atoms with Crippen LogP contribution in [0.2, 0.25) is 0 Å². The van der Waals surface area contributed by atoms with Crippen molar-refractivity contribution in [2.45, 2.75) is 38.0 Å². The van der Waals surface area contributed by atoms with E-state index in [4.69, 9.17) is 5.11 Å². The Morgan fingerprint density at radius 2 is 2.43 bits per heavy atom. The minimum atomic E-state index is -0.431. The van der Waals surface area contributed by atoms with Gasteiger partial charge in [-0.3, -0.25) is 4.79 Å². The van der Waals surface area contributed by atoms with E-state index >= 15 is 0 Å². The van der Waals surface area contributed by atoms with E-state index < -0.39 is 6.10 Å². The molecule has 5 heteroatoms. The number of hydrogen-bond donors (Lipinski definition) is 4. The molecule has 3 atom stereocenters. The SMILES string of the molecule is CC[C@H](CO)NC(=O)C1CC(O)CN1. The van der Waals surface area contributed by atoms with Crippen LogP contribution in [0.1, 0.15) is 19.8 Å². The summed E-state index contributed by atoms with van der Waals surface area (Å²) in [4.78, 5) is 11.5. The molecule has 0 aliphatic carbocycles. The van der Waals surface area contributed by atoms with E-state index in [2.05, 4.69) is 10.6 Å². The second kappa shape index (κ2) is 5.29. The van der Waals surface area contributed by atoms with Crippen molar-refractivity contribution in [3.8, 4) is 0 Å². The Kier molecular flexibility index (Phi) is 4.31. The highest BCUT2D eigenvalue weighted by Crippen LogP contribution is 2.06. The van der Waals surface area contributed by atoms with Gasteiger partial charge in [-0.25, -0.2) is 0 Å². The molecule has 0 spiro atoms. The molecule has 1 amide bonds. The molecular weight excluding hydrogens is 184 g/mol. The second-order valence-electron chi connectivity index (χ2n) is 3.65. The van der Waals surface area contributed by atoms with E-state index in [0.717, 1.165) is 0 Å². The van der Waals surface area contributed by atoms with Crippen molar-refractivity contribution in [1.29, 1.82) is 0 Å². The quantitative estimate of drug-likeness (QED) is 0.452. The summed E-state index contributed by atoms with van der Waals surface area (Å²) in [5.41, 5.74) is 0. The zero-order valence-corrected chi connectivity index (χ0v) is 8.36. The van der Waals surface area contributed by atoms with Crippen LogP contribution in [-0.4, -0.2) is 47.5 Å². The van der Waals surface area contributed by atoms with Crippen molar-refractivity contribution >= 4 is 5.91 Å². The minimum Gasteiger partial charge on any atom is -0.394 e. The average Bonchev–Trinajstić information content (AvgIpc) is 2.61. The van der Waals surface area contributed by atoms with Crippen molar-refractivity contribution in [3.05, 3.63) is 0 Å². The lowest BCUT2D eigenvalue weighted by molar-refractivity contribution is -0.124. The number of aliphatic hydroxyl groups is 2. The smallest absolute Gasteiger partial charge is 0.237 e. The monoisotopic (exact) mass is 202 g/mol. The van der Waals surface area contributed by atoms with Gasteiger partial charge in [-0.1, -0.05) is 6.92 Å². The van der Waals surface area contributed by atoms with Crippen LogP contribution in [0.25, 0.3) is 0 Å². The summed E-state index contributed by atoms with van der Waals surface area (Å²) in [5.74, 6) is -0.137. The Morgan fingerprint density at radius 1 is 1.71 bits per heavy atom. The summed E-state index contributed by atoms with van der Waals surface area (Å²) in [5, 5.41) is 23.7. The van der Waals surface area contributed by atoms with Crippen molar-refractivity contribution in [2.24, 2.45) is 0 Å². The Bertz CT molecular complexity index is 194. The van der Waals surface area contributed by atoms with Crippen LogP contribution < -0.4 is 10.6 Å². The van der Waals surface area contributed by atoms with E-state index in [1.54, 1.807) is 0 Å². The molecule has 0 aromatic carbocycles. The maximum atomic E-state index is 11.5. The fourth-order valence-corrected chi connectivity index (χ4v) is 1.50. The maximum Gasteiger partial charge on any atom is 0.237 e. The first-order valence-electron chi connectivity index (χ1n) is 5.00. The number of nitrogens with one attached hydrogen (secondary N) is 2. The summed E-state index contributed by atoms with van der Waals surface area (Å²) in [7, 11) is 0. The number of amides is 1. The van der Waals surface area contributed by atoms with E-state index in [0.29, 0.717) is 19.4 Å². The number of β-amino-alcohol motifs (C(OH)–C–C–N with tert-alkyl or cyclic N) is 1. The maximum absolute atomic E-state index is 11.5. The third-order valence-corrected chi connectivity index (χ3v) is 2.48. The third kappa shape index (κ3) is 2.94. The van der Waals surface area contributed by atoms with Crippen LogP contribution in [0.3, 0.4) is 0 Å². The highest BCUT2D eigenvalue weighted by molar-refractivity contribution is 5.82. The van der Waals surface area contributed by atoms with Gasteiger partial charge in [0.2, 0.25) is 5.91 Å². The number of rotatable bonds is 4. The van der Waals surface area contributed by atoms with Crippen LogP contribution >= 0.6 is 0 Å². The van der Waals surface area contributed by atoms with Gasteiger partial charge in [0, 0.05) is 6.54 Å². The molecule has 1 saturated heterocycles.